The summed E-state index contributed by atoms with van der Waals surface area (Å²) in [7, 11) is 6.65. The van der Waals surface area contributed by atoms with Gasteiger partial charge in [0.15, 0.2) is 36.8 Å². The minimum Gasteiger partial charge on any atom is -0.497 e. The third-order valence-electron chi connectivity index (χ3n) is 16.1. The van der Waals surface area contributed by atoms with E-state index in [0.29, 0.717) is 43.7 Å². The molecule has 0 atom stereocenters. The fourth-order valence-corrected chi connectivity index (χ4v) is 11.6. The van der Waals surface area contributed by atoms with Gasteiger partial charge in [-0.1, -0.05) is 96.0 Å². The summed E-state index contributed by atoms with van der Waals surface area (Å²) in [5.74, 6) is 8.03. The number of rotatable bonds is 9. The fourth-order valence-electron chi connectivity index (χ4n) is 11.1. The Morgan fingerprint density at radius 2 is 0.737 bits per heavy atom. The van der Waals surface area contributed by atoms with Crippen LogP contribution in [0.1, 0.15) is 55.6 Å². The Labute approximate surface area is 564 Å². The van der Waals surface area contributed by atoms with Crippen LogP contribution in [-0.2, 0) is 0 Å². The van der Waals surface area contributed by atoms with Gasteiger partial charge < -0.3 is 42.6 Å². The normalized spacial score (nSPS) is 13.3. The SMILES string of the molecule is COc1cc(OC)cc([N+]2=Cc3cccc(C)c3OC2)c1.COc1ccc([N+]2=Cc3cccc(C)c3OC2)cc1.COc1ccccc1[N+]1=Cc2cccc(C)c2OC1.Cc1cccc2c1OC[N+](c1ccc(Cl)cc1Cl)=C2.Cc1cccc2c1OC[N+](c1cccnc1)=C2. The van der Waals surface area contributed by atoms with Crippen LogP contribution < -0.4 is 42.6 Å². The molecule has 0 saturated carbocycles. The highest BCUT2D eigenvalue weighted by atomic mass is 35.5. The molecule has 0 bridgehead atoms. The molecule has 95 heavy (non-hydrogen) atoms. The molecule has 0 spiro atoms. The minimum absolute atomic E-state index is 0.444. The molecule has 0 aliphatic carbocycles. The maximum absolute atomic E-state index is 6.22. The van der Waals surface area contributed by atoms with Crippen LogP contribution in [0.25, 0.3) is 0 Å². The van der Waals surface area contributed by atoms with Crippen LogP contribution in [0.15, 0.2) is 200 Å². The standard InChI is InChI=1S/C17H18NO3.2C16H16NO2.C15H12Cl2NO.C14H13N2O/c1-12-5-4-6-13-10-18(11-21-17(12)13)14-7-15(19-2)9-16(8-14)20-3;1-12-6-5-7-13-10-17(11-19-16(12)13)14-8-3-4-9-15(14)18-2;1-12-4-3-5-13-10-17(11-19-16(12)13)14-6-8-15(18-2)9-7-14;1-10-3-2-4-11-8-18(9-19-15(10)11)14-6-5-12(16)7-13(14)17;1-11-4-2-5-12-9-16(10-17-14(11)12)13-6-3-7-15-8-13/h4-10H,11H2,1-3H3;2*3-10H,11H2,1-2H3;2-8H,9H2,1H3;2-9H,10H2,1H3/q5*+1. The monoisotopic (exact) mass is 1310 g/mol. The molecule has 0 amide bonds. The lowest BCUT2D eigenvalue weighted by Crippen LogP contribution is -2.21. The van der Waals surface area contributed by atoms with Crippen LogP contribution in [0.2, 0.25) is 10.0 Å². The van der Waals surface area contributed by atoms with Gasteiger partial charge in [-0.25, -0.2) is 0 Å². The van der Waals surface area contributed by atoms with E-state index in [0.717, 1.165) is 125 Å². The van der Waals surface area contributed by atoms with E-state index in [9.17, 15) is 0 Å². The maximum Gasteiger partial charge on any atom is 0.292 e. The lowest BCUT2D eigenvalue weighted by molar-refractivity contribution is -0.476. The summed E-state index contributed by atoms with van der Waals surface area (Å²) >= 11 is 12.1. The zero-order chi connectivity index (χ0) is 66.4. The van der Waals surface area contributed by atoms with E-state index in [1.807, 2.05) is 168 Å². The van der Waals surface area contributed by atoms with Crippen molar-refractivity contribution in [3.63, 3.8) is 0 Å². The number of hydrogen-bond acceptors (Lipinski definition) is 10. The van der Waals surface area contributed by atoms with E-state index < -0.39 is 0 Å². The molecule has 17 heteroatoms. The van der Waals surface area contributed by atoms with Gasteiger partial charge in [0.1, 0.15) is 51.0 Å². The van der Waals surface area contributed by atoms with Gasteiger partial charge in [0, 0.05) is 47.6 Å². The number of nitrogens with zero attached hydrogens (tertiary/aromatic N) is 6. The summed E-state index contributed by atoms with van der Waals surface area (Å²) in [4.78, 5) is 4.12. The van der Waals surface area contributed by atoms with Crippen molar-refractivity contribution in [3.8, 4) is 51.7 Å². The van der Waals surface area contributed by atoms with Crippen molar-refractivity contribution >= 4 is 82.7 Å². The number of aromatic nitrogens is 1. The van der Waals surface area contributed by atoms with Crippen molar-refractivity contribution in [1.29, 1.82) is 0 Å². The molecule has 0 saturated heterocycles. The zero-order valence-electron chi connectivity index (χ0n) is 54.6. The van der Waals surface area contributed by atoms with Gasteiger partial charge in [-0.3, -0.25) is 4.98 Å². The van der Waals surface area contributed by atoms with Crippen molar-refractivity contribution < 1.29 is 65.5 Å². The summed E-state index contributed by atoms with van der Waals surface area (Å²) in [5.41, 5.74) is 16.2. The first kappa shape index (κ1) is 65.7. The second-order valence-electron chi connectivity index (χ2n) is 22.6. The number of hydrogen-bond donors (Lipinski definition) is 0. The van der Waals surface area contributed by atoms with Crippen molar-refractivity contribution in [2.45, 2.75) is 34.6 Å². The van der Waals surface area contributed by atoms with Gasteiger partial charge in [0.2, 0.25) is 22.7 Å². The molecule has 10 aromatic rings. The molecule has 6 heterocycles. The van der Waals surface area contributed by atoms with E-state index >= 15 is 0 Å². The van der Waals surface area contributed by atoms with Gasteiger partial charge in [-0.05, 0) is 129 Å². The molecule has 5 aliphatic heterocycles. The Bertz CT molecular complexity index is 4570. The van der Waals surface area contributed by atoms with Crippen molar-refractivity contribution in [1.82, 2.24) is 4.98 Å². The smallest absolute Gasteiger partial charge is 0.292 e. The Kier molecular flexibility index (Phi) is 21.3. The van der Waals surface area contributed by atoms with E-state index in [1.54, 1.807) is 40.7 Å². The number of halogens is 2. The Balaban J connectivity index is 0.000000121. The first-order valence-electron chi connectivity index (χ1n) is 30.8. The number of ether oxygens (including phenoxy) is 9. The predicted molar refractivity (Wildman–Crippen MR) is 375 cm³/mol. The minimum atomic E-state index is 0.444. The van der Waals surface area contributed by atoms with Crippen molar-refractivity contribution in [3.05, 3.63) is 266 Å². The molecule has 9 aromatic carbocycles. The van der Waals surface area contributed by atoms with Crippen LogP contribution >= 0.6 is 23.2 Å². The quantitative estimate of drug-likeness (QED) is 0.130. The Morgan fingerprint density at radius 1 is 0.337 bits per heavy atom. The molecular weight excluding hydrogens is 1240 g/mol. The molecule has 15 rings (SSSR count). The average Bonchev–Trinajstić information content (AvgIpc) is 0.872. The van der Waals surface area contributed by atoms with Gasteiger partial charge in [-0.15, -0.1) is 0 Å². The summed E-state index contributed by atoms with van der Waals surface area (Å²) in [6.45, 7) is 12.8. The van der Waals surface area contributed by atoms with Crippen molar-refractivity contribution in [2.75, 3.05) is 62.1 Å². The Morgan fingerprint density at radius 3 is 1.15 bits per heavy atom. The van der Waals surface area contributed by atoms with Crippen LogP contribution in [0.5, 0.6) is 51.7 Å². The first-order chi connectivity index (χ1) is 46.3. The van der Waals surface area contributed by atoms with Gasteiger partial charge in [0.05, 0.1) is 74.6 Å². The molecular formula is C78H75Cl2N6O9+5. The zero-order valence-corrected chi connectivity index (χ0v) is 56.1. The second-order valence-corrected chi connectivity index (χ2v) is 23.4. The highest BCUT2D eigenvalue weighted by Crippen LogP contribution is 2.36. The van der Waals surface area contributed by atoms with E-state index in [2.05, 4.69) is 114 Å². The number of benzene rings is 9. The fraction of sp³-hybridized carbons (Fsp3) is 0.179. The van der Waals surface area contributed by atoms with Crippen LogP contribution in [0, 0.1) is 34.6 Å². The third kappa shape index (κ3) is 15.8. The van der Waals surface area contributed by atoms with E-state index in [-0.39, 0.29) is 0 Å². The molecule has 1 aromatic heterocycles. The lowest BCUT2D eigenvalue weighted by Gasteiger charge is -2.16. The molecule has 0 N–H and O–H groups in total. The summed E-state index contributed by atoms with van der Waals surface area (Å²) in [6, 6.07) is 61.8. The largest absolute Gasteiger partial charge is 0.497 e. The second kappa shape index (κ2) is 30.8. The topological polar surface area (TPSA) is 111 Å². The Hall–Kier alpha value is -10.7. The van der Waals surface area contributed by atoms with Gasteiger partial charge in [-0.2, -0.15) is 22.9 Å². The van der Waals surface area contributed by atoms with Crippen LogP contribution in [-0.4, -0.2) is 121 Å². The number of para-hydroxylation sites is 7. The lowest BCUT2D eigenvalue weighted by atomic mass is 10.1. The first-order valence-corrected chi connectivity index (χ1v) is 31.6. The molecule has 5 aliphatic rings. The highest BCUT2D eigenvalue weighted by molar-refractivity contribution is 6.36. The third-order valence-corrected chi connectivity index (χ3v) is 16.6. The molecule has 0 unspecified atom stereocenters. The number of pyridine rings is 1. The number of methoxy groups -OCH3 is 4. The summed E-state index contributed by atoms with van der Waals surface area (Å²) in [5, 5.41) is 1.24. The van der Waals surface area contributed by atoms with Crippen LogP contribution in [0.3, 0.4) is 0 Å². The van der Waals surface area contributed by atoms with E-state index in [4.69, 9.17) is 65.8 Å². The maximum atomic E-state index is 6.22. The average molecular weight is 1310 g/mol. The van der Waals surface area contributed by atoms with Crippen molar-refractivity contribution in [2.24, 2.45) is 0 Å². The van der Waals surface area contributed by atoms with Gasteiger partial charge >= 0.3 is 0 Å². The highest BCUT2D eigenvalue weighted by Gasteiger charge is 2.27. The molecule has 15 nitrogen and oxygen atoms in total. The summed E-state index contributed by atoms with van der Waals surface area (Å²) < 4.78 is 60.6. The molecule has 480 valence electrons. The van der Waals surface area contributed by atoms with Gasteiger partial charge in [0.25, 0.3) is 39.3 Å². The molecule has 0 fully saturated rings. The van der Waals surface area contributed by atoms with E-state index in [1.165, 1.54) is 11.1 Å². The van der Waals surface area contributed by atoms with Crippen LogP contribution in [0.4, 0.5) is 28.4 Å². The number of aryl methyl sites for hydroxylation is 5. The predicted octanol–water partition coefficient (Wildman–Crippen LogP) is 16.3. The summed E-state index contributed by atoms with van der Waals surface area (Å²) in [6.07, 6.45) is 14.0. The number of fused-ring (bicyclic) bond motifs is 5. The molecule has 0 radical (unpaired) electrons.